The van der Waals surface area contributed by atoms with Gasteiger partial charge in [-0.15, -0.1) is 0 Å². The van der Waals surface area contributed by atoms with Crippen molar-refractivity contribution in [2.75, 3.05) is 9.80 Å². The number of hydrogen-bond acceptors (Lipinski definition) is 3. The highest BCUT2D eigenvalue weighted by molar-refractivity contribution is 6.33. The summed E-state index contributed by atoms with van der Waals surface area (Å²) in [5.41, 5.74) is 23.9. The van der Waals surface area contributed by atoms with E-state index in [1.54, 1.807) is 0 Å². The predicted octanol–water partition coefficient (Wildman–Crippen LogP) is 22.4. The van der Waals surface area contributed by atoms with Crippen LogP contribution in [-0.4, -0.2) is 0 Å². The highest BCUT2D eigenvalue weighted by Gasteiger charge is 2.39. The first kappa shape index (κ1) is 47.9. The van der Waals surface area contributed by atoms with Gasteiger partial charge in [-0.25, -0.2) is 0 Å². The number of rotatable bonds is 10. The van der Waals surface area contributed by atoms with Crippen molar-refractivity contribution in [2.24, 2.45) is 0 Å². The third kappa shape index (κ3) is 7.87. The van der Waals surface area contributed by atoms with Crippen LogP contribution in [0.15, 0.2) is 290 Å². The third-order valence-electron chi connectivity index (χ3n) is 16.4. The van der Waals surface area contributed by atoms with Crippen molar-refractivity contribution in [1.82, 2.24) is 0 Å². The van der Waals surface area contributed by atoms with Gasteiger partial charge < -0.3 is 14.2 Å². The van der Waals surface area contributed by atoms with Gasteiger partial charge in [0.25, 0.3) is 0 Å². The molecule has 0 saturated carbocycles. The van der Waals surface area contributed by atoms with Crippen LogP contribution in [0, 0.1) is 0 Å². The van der Waals surface area contributed by atoms with Crippen molar-refractivity contribution in [3.63, 3.8) is 0 Å². The summed E-state index contributed by atoms with van der Waals surface area (Å²) in [6.45, 7) is 6.79. The molecular weight excluding hydrogens is 981 g/mol. The molecule has 0 atom stereocenters. The second-order valence-corrected chi connectivity index (χ2v) is 22.3. The van der Waals surface area contributed by atoms with Gasteiger partial charge in [0, 0.05) is 44.8 Å². The second-order valence-electron chi connectivity index (χ2n) is 22.3. The van der Waals surface area contributed by atoms with Crippen molar-refractivity contribution in [1.29, 1.82) is 0 Å². The molecule has 13 aromatic carbocycles. The van der Waals surface area contributed by atoms with Crippen LogP contribution >= 0.6 is 0 Å². The molecular formula is C78H56N2O. The van der Waals surface area contributed by atoms with Gasteiger partial charge in [-0.05, 0) is 160 Å². The number of para-hydroxylation sites is 5. The molecule has 1 heterocycles. The van der Waals surface area contributed by atoms with Gasteiger partial charge in [0.15, 0.2) is 5.58 Å². The standard InChI is InChI=1S/C78H56N2O/c1-78(2,3)66-43-25-41-62-63-42-26-44-67(77(63)81-76(62)66)80(57-39-23-10-24-40-57)59-46-48-61-65(50-59)71(54-33-17-7-18-34-54)75-72-68(51-27-11-4-12-28-51)60-47-45-58(79(55-35-19-8-20-36-55)56-37-21-9-22-38-56)49-64(60)70(53-31-15-6-16-32-53)74(72)73(75)69(61)52-29-13-5-14-30-52/h4-50H,1-3H3. The Kier molecular flexibility index (Phi) is 11.4. The minimum atomic E-state index is -0.112. The van der Waals surface area contributed by atoms with E-state index in [9.17, 15) is 0 Å². The first-order valence-corrected chi connectivity index (χ1v) is 28.1. The zero-order chi connectivity index (χ0) is 54.2. The molecule has 384 valence electrons. The zero-order valence-corrected chi connectivity index (χ0v) is 45.4. The number of furan rings is 1. The first-order valence-electron chi connectivity index (χ1n) is 28.1. The Bertz CT molecular complexity index is 4640. The largest absolute Gasteiger partial charge is 0.454 e. The van der Waals surface area contributed by atoms with E-state index >= 15 is 0 Å². The first-order chi connectivity index (χ1) is 39.9. The second kappa shape index (κ2) is 19.3. The van der Waals surface area contributed by atoms with E-state index in [1.165, 1.54) is 93.9 Å². The van der Waals surface area contributed by atoms with Gasteiger partial charge in [-0.1, -0.05) is 239 Å². The van der Waals surface area contributed by atoms with Crippen LogP contribution in [0.3, 0.4) is 0 Å². The summed E-state index contributed by atoms with van der Waals surface area (Å²) in [7, 11) is 0. The minimum absolute atomic E-state index is 0.112. The van der Waals surface area contributed by atoms with Crippen LogP contribution in [0.2, 0.25) is 0 Å². The summed E-state index contributed by atoms with van der Waals surface area (Å²) in [6.07, 6.45) is 0. The summed E-state index contributed by atoms with van der Waals surface area (Å²) >= 11 is 0. The van der Waals surface area contributed by atoms with Crippen LogP contribution in [-0.2, 0) is 5.41 Å². The lowest BCUT2D eigenvalue weighted by Crippen LogP contribution is -2.12. The quantitative estimate of drug-likeness (QED) is 0.136. The normalized spacial score (nSPS) is 11.9. The fourth-order valence-electron chi connectivity index (χ4n) is 13.0. The molecule has 0 aliphatic heterocycles. The van der Waals surface area contributed by atoms with E-state index < -0.39 is 0 Å². The maximum Gasteiger partial charge on any atom is 0.159 e. The van der Waals surface area contributed by atoms with Crippen LogP contribution in [0.5, 0.6) is 0 Å². The van der Waals surface area contributed by atoms with Crippen LogP contribution in [0.1, 0.15) is 26.3 Å². The molecule has 0 N–H and O–H groups in total. The Balaban J connectivity index is 1.07. The number of anilines is 6. The number of benzene rings is 13. The molecule has 0 amide bonds. The van der Waals surface area contributed by atoms with Crippen molar-refractivity contribution in [2.45, 2.75) is 26.2 Å². The predicted molar refractivity (Wildman–Crippen MR) is 343 cm³/mol. The van der Waals surface area contributed by atoms with Crippen LogP contribution in [0.25, 0.3) is 110 Å². The molecule has 1 aromatic heterocycles. The summed E-state index contributed by atoms with van der Waals surface area (Å²) < 4.78 is 7.16. The smallest absolute Gasteiger partial charge is 0.159 e. The number of fused-ring (bicyclic) bond motifs is 9. The van der Waals surface area contributed by atoms with E-state index in [0.717, 1.165) is 56.1 Å². The van der Waals surface area contributed by atoms with Crippen molar-refractivity contribution in [3.8, 4) is 66.8 Å². The summed E-state index contributed by atoms with van der Waals surface area (Å²) in [5, 5.41) is 6.98. The van der Waals surface area contributed by atoms with Gasteiger partial charge in [0.1, 0.15) is 5.58 Å². The van der Waals surface area contributed by atoms with Crippen molar-refractivity contribution >= 4 is 77.6 Å². The third-order valence-corrected chi connectivity index (χ3v) is 16.4. The maximum absolute atomic E-state index is 7.16. The lowest BCUT2D eigenvalue weighted by atomic mass is 9.65. The lowest BCUT2D eigenvalue weighted by Gasteiger charge is -2.37. The Morgan fingerprint density at radius 1 is 0.247 bits per heavy atom. The molecule has 0 radical (unpaired) electrons. The topological polar surface area (TPSA) is 19.6 Å². The van der Waals surface area contributed by atoms with Gasteiger partial charge in [-0.2, -0.15) is 0 Å². The molecule has 1 aliphatic rings. The van der Waals surface area contributed by atoms with Gasteiger partial charge in [0.2, 0.25) is 0 Å². The fraction of sp³-hybridized carbons (Fsp3) is 0.0513. The van der Waals surface area contributed by atoms with Gasteiger partial charge in [0.05, 0.1) is 5.69 Å². The average Bonchev–Trinajstić information content (AvgIpc) is 3.65. The average molecular weight is 1040 g/mol. The van der Waals surface area contributed by atoms with E-state index in [1.807, 2.05) is 0 Å². The van der Waals surface area contributed by atoms with Crippen LogP contribution < -0.4 is 9.80 Å². The SMILES string of the molecule is CC(C)(C)c1cccc2c1oc1c(N(c3ccccc3)c3ccc4c(-c5ccccc5)c5c(c(-c6ccccc6)c4c3)-c3c-5c(-c4ccccc4)c4cc(N(c5ccccc5)c5ccccc5)ccc4c3-c3ccccc3)cccc12. The van der Waals surface area contributed by atoms with Crippen molar-refractivity contribution in [3.05, 3.63) is 291 Å². The number of nitrogens with zero attached hydrogens (tertiary/aromatic N) is 2. The highest BCUT2D eigenvalue weighted by Crippen LogP contribution is 2.66. The highest BCUT2D eigenvalue weighted by atomic mass is 16.3. The summed E-state index contributed by atoms with van der Waals surface area (Å²) in [4.78, 5) is 4.78. The molecule has 0 saturated heterocycles. The molecule has 0 spiro atoms. The van der Waals surface area contributed by atoms with Gasteiger partial charge >= 0.3 is 0 Å². The Labute approximate surface area is 472 Å². The Morgan fingerprint density at radius 3 is 0.975 bits per heavy atom. The van der Waals surface area contributed by atoms with E-state index in [-0.39, 0.29) is 5.41 Å². The van der Waals surface area contributed by atoms with Gasteiger partial charge in [-0.3, -0.25) is 0 Å². The minimum Gasteiger partial charge on any atom is -0.454 e. The molecule has 3 nitrogen and oxygen atoms in total. The monoisotopic (exact) mass is 1040 g/mol. The summed E-state index contributed by atoms with van der Waals surface area (Å²) in [5.74, 6) is 0. The van der Waals surface area contributed by atoms with Crippen molar-refractivity contribution < 1.29 is 4.42 Å². The molecule has 15 rings (SSSR count). The zero-order valence-electron chi connectivity index (χ0n) is 45.4. The van der Waals surface area contributed by atoms with Crippen LogP contribution in [0.4, 0.5) is 34.1 Å². The van der Waals surface area contributed by atoms with E-state index in [2.05, 4.69) is 316 Å². The number of hydrogen-bond donors (Lipinski definition) is 0. The molecule has 0 fully saturated rings. The molecule has 0 unspecified atom stereocenters. The maximum atomic E-state index is 7.16. The molecule has 14 aromatic rings. The Hall–Kier alpha value is -10.2. The molecule has 3 heteroatoms. The summed E-state index contributed by atoms with van der Waals surface area (Å²) in [6, 6.07) is 104. The molecule has 1 aliphatic carbocycles. The van der Waals surface area contributed by atoms with E-state index in [4.69, 9.17) is 4.42 Å². The Morgan fingerprint density at radius 2 is 0.580 bits per heavy atom. The lowest BCUT2D eigenvalue weighted by molar-refractivity contribution is 0.573. The fourth-order valence-corrected chi connectivity index (χ4v) is 13.0. The molecule has 0 bridgehead atoms. The van der Waals surface area contributed by atoms with E-state index in [0.29, 0.717) is 0 Å². The molecule has 81 heavy (non-hydrogen) atoms.